The van der Waals surface area contributed by atoms with E-state index in [0.717, 1.165) is 89.2 Å². The van der Waals surface area contributed by atoms with Crippen molar-refractivity contribution in [2.24, 2.45) is 64.1 Å². The molecule has 3 aliphatic heterocycles. The fourth-order valence-corrected chi connectivity index (χ4v) is 20.1. The Kier molecular flexibility index (Phi) is 25.5. The predicted molar refractivity (Wildman–Crippen MR) is 353 cm³/mol. The summed E-state index contributed by atoms with van der Waals surface area (Å²) in [4.78, 5) is 87.1. The zero-order chi connectivity index (χ0) is 68.9. The molecule has 6 heterocycles. The predicted octanol–water partition coefficient (Wildman–Crippen LogP) is 10.7. The van der Waals surface area contributed by atoms with Gasteiger partial charge in [-0.3, -0.25) is 9.69 Å². The number of anilines is 3. The van der Waals surface area contributed by atoms with E-state index >= 15 is 0 Å². The summed E-state index contributed by atoms with van der Waals surface area (Å²) in [7, 11) is 0. The number of nitrogens with one attached hydrogen (secondary N) is 5. The molecule has 3 amide bonds. The Morgan fingerprint density at radius 3 is 1.33 bits per heavy atom. The van der Waals surface area contributed by atoms with Crippen LogP contribution in [-0.4, -0.2) is 166 Å². The highest BCUT2D eigenvalue weighted by molar-refractivity contribution is 5.69. The lowest BCUT2D eigenvalue weighted by atomic mass is 9.49. The van der Waals surface area contributed by atoms with Gasteiger partial charge in [-0.25, -0.2) is 37.7 Å². The van der Waals surface area contributed by atoms with Crippen LogP contribution in [0.25, 0.3) is 0 Å². The van der Waals surface area contributed by atoms with Gasteiger partial charge in [-0.1, -0.05) is 20.8 Å². The number of aliphatic hydroxyl groups excluding tert-OH is 1. The molecule has 12 bridgehead atoms. The molecule has 0 radical (unpaired) electrons. The van der Waals surface area contributed by atoms with Crippen LogP contribution in [0.15, 0.2) is 55.0 Å². The summed E-state index contributed by atoms with van der Waals surface area (Å²) < 4.78 is 52.7. The average molecular weight is 1340 g/mol. The van der Waals surface area contributed by atoms with E-state index < -0.39 is 0 Å². The van der Waals surface area contributed by atoms with E-state index in [1.54, 1.807) is 46.6 Å². The molecule has 3 aromatic heterocycles. The van der Waals surface area contributed by atoms with Crippen LogP contribution < -0.4 is 26.6 Å². The van der Waals surface area contributed by atoms with Crippen molar-refractivity contribution in [2.45, 2.75) is 218 Å². The lowest BCUT2D eigenvalue weighted by molar-refractivity contribution is -0.193. The Balaban J connectivity index is 0.000000147. The summed E-state index contributed by atoms with van der Waals surface area (Å²) in [5.74, 6) is 5.33. The zero-order valence-corrected chi connectivity index (χ0v) is 57.2. The van der Waals surface area contributed by atoms with Crippen LogP contribution in [0.5, 0.6) is 0 Å². The van der Waals surface area contributed by atoms with Crippen LogP contribution in [-0.2, 0) is 33.4 Å². The van der Waals surface area contributed by atoms with Gasteiger partial charge in [-0.15, -0.1) is 0 Å². The van der Waals surface area contributed by atoms with E-state index in [2.05, 4.69) is 94.9 Å². The van der Waals surface area contributed by atoms with Gasteiger partial charge in [0.25, 0.3) is 0 Å². The van der Waals surface area contributed by atoms with Gasteiger partial charge in [0.1, 0.15) is 12.2 Å². The van der Waals surface area contributed by atoms with Crippen molar-refractivity contribution in [1.82, 2.24) is 40.3 Å². The molecule has 0 aromatic carbocycles. The second-order valence-electron chi connectivity index (χ2n) is 30.9. The number of pyridine rings is 3. The van der Waals surface area contributed by atoms with E-state index in [9.17, 15) is 32.7 Å². The summed E-state index contributed by atoms with van der Waals surface area (Å²) in [6.07, 6.45) is 26.2. The zero-order valence-electron chi connectivity index (χ0n) is 57.2. The molecule has 24 heteroatoms. The summed E-state index contributed by atoms with van der Waals surface area (Å²) in [6.45, 7) is 21.3. The maximum Gasteiger partial charge on any atom is 0.410 e. The van der Waals surface area contributed by atoms with Gasteiger partial charge in [0.2, 0.25) is 6.41 Å². The number of ether oxygens (including phenoxy) is 2. The Morgan fingerprint density at radius 1 is 0.615 bits per heavy atom. The van der Waals surface area contributed by atoms with Crippen molar-refractivity contribution in [2.75, 3.05) is 61.8 Å². The monoisotopic (exact) mass is 1340 g/mol. The molecule has 18 rings (SSSR count). The number of aliphatic hydroxyl groups is 1. The van der Waals surface area contributed by atoms with E-state index in [4.69, 9.17) is 28.7 Å². The SMILES string of the molecule is CC12CC3CC(C1)C(O)C(C3)C2.CC12CC3CC(C1)C(OC(=O)N1CC[C@@H](Nc4ncccc4F)C1)C(C3)C2.CCN(C(C)C)C(C)C.Fc1cccnc1N[C@@H]1CCNC1.O=C=O.O=C=O.O=CNC12CC3CC(C1)C(OC(=O)N1CC[C@@H](Nc4ncccc4F)C1)C(C3)C2. The number of rotatable bonds is 13. The number of aromatic nitrogens is 3. The maximum absolute atomic E-state index is 13.8. The van der Waals surface area contributed by atoms with E-state index in [0.29, 0.717) is 102 Å². The number of nitrogens with zero attached hydrogens (tertiary/aromatic N) is 6. The molecule has 9 atom stereocenters. The number of hydrogen-bond acceptors (Lipinski definition) is 18. The summed E-state index contributed by atoms with van der Waals surface area (Å²) in [6, 6.07) is 10.6. The summed E-state index contributed by atoms with van der Waals surface area (Å²) >= 11 is 0. The normalized spacial score (nSPS) is 34.5. The van der Waals surface area contributed by atoms with Crippen molar-refractivity contribution >= 4 is 48.4 Å². The van der Waals surface area contributed by atoms with Gasteiger partial charge in [0.05, 0.1) is 6.10 Å². The van der Waals surface area contributed by atoms with Gasteiger partial charge >= 0.3 is 24.5 Å². The highest BCUT2D eigenvalue weighted by Gasteiger charge is 2.58. The number of amides is 3. The van der Waals surface area contributed by atoms with Crippen molar-refractivity contribution in [3.05, 3.63) is 72.4 Å². The third kappa shape index (κ3) is 18.7. The molecule has 3 saturated heterocycles. The fraction of sp³-hybridized carbons (Fsp3) is 0.722. The van der Waals surface area contributed by atoms with Gasteiger partial charge in [-0.05, 0) is 257 Å². The average Bonchev–Trinajstić information content (AvgIpc) is 0.775. The van der Waals surface area contributed by atoms with E-state index in [1.807, 2.05) is 0 Å². The van der Waals surface area contributed by atoms with E-state index in [1.165, 1.54) is 82.4 Å². The number of hydrogen-bond donors (Lipinski definition) is 6. The largest absolute Gasteiger partial charge is 0.446 e. The number of carbonyl (C=O) groups is 3. The first-order valence-corrected chi connectivity index (χ1v) is 35.4. The quantitative estimate of drug-likeness (QED) is 0.0869. The van der Waals surface area contributed by atoms with Crippen LogP contribution in [0.4, 0.5) is 40.2 Å². The van der Waals surface area contributed by atoms with Gasteiger partial charge < -0.3 is 51.0 Å². The third-order valence-corrected chi connectivity index (χ3v) is 23.0. The van der Waals surface area contributed by atoms with Gasteiger partial charge in [0.15, 0.2) is 34.9 Å². The van der Waals surface area contributed by atoms with E-state index in [-0.39, 0.29) is 89.5 Å². The number of likely N-dealkylation sites (tertiary alicyclic amines) is 2. The maximum atomic E-state index is 13.8. The fourth-order valence-electron chi connectivity index (χ4n) is 20.1. The van der Waals surface area contributed by atoms with Crippen molar-refractivity contribution < 1.29 is 61.3 Å². The van der Waals surface area contributed by atoms with Crippen molar-refractivity contribution in [3.63, 3.8) is 0 Å². The summed E-state index contributed by atoms with van der Waals surface area (Å²) in [5, 5.41) is 25.5. The molecule has 12 saturated carbocycles. The third-order valence-electron chi connectivity index (χ3n) is 23.0. The van der Waals surface area contributed by atoms with Crippen molar-refractivity contribution in [3.8, 4) is 0 Å². The Hall–Kier alpha value is -6.71. The smallest absolute Gasteiger partial charge is 0.410 e. The lowest BCUT2D eigenvalue weighted by Crippen LogP contribution is -2.63. The minimum absolute atomic E-state index is 0.0133. The van der Waals surface area contributed by atoms with Crippen LogP contribution in [0.3, 0.4) is 0 Å². The first-order valence-electron chi connectivity index (χ1n) is 35.4. The Bertz CT molecular complexity index is 3050. The molecule has 0 spiro atoms. The Labute approximate surface area is 564 Å². The minimum atomic E-state index is -0.389. The Morgan fingerprint density at radius 2 is 0.990 bits per heavy atom. The topological polar surface area (TPSA) is 267 Å². The first-order chi connectivity index (χ1) is 46.0. The molecule has 528 valence electrons. The number of halogens is 3. The van der Waals surface area contributed by atoms with Crippen LogP contribution in [0.2, 0.25) is 0 Å². The summed E-state index contributed by atoms with van der Waals surface area (Å²) in [5.41, 5.74) is 1.02. The highest BCUT2D eigenvalue weighted by Crippen LogP contribution is 2.62. The molecular weight excluding hydrogens is 1240 g/mol. The van der Waals surface area contributed by atoms with Crippen LogP contribution in [0, 0.1) is 81.5 Å². The van der Waals surface area contributed by atoms with Crippen LogP contribution in [0.1, 0.15) is 164 Å². The molecular formula is C72H104F3N11O10. The molecule has 6 unspecified atom stereocenters. The second-order valence-corrected chi connectivity index (χ2v) is 30.9. The standard InChI is InChI=1S/C21H27FN4O3.C21H28FN3O2.C11H18O.C9H12FN3.C8H19N.2CO2/c22-17-2-1-4-23-19(17)25-16-3-5-26(11-16)20(28)29-18-14-6-13-7-15(18)10-21(8-13,9-14)24-12-27;1-21-9-13-7-14(10-21)18(15(8-13)11-21)27-20(26)25-6-4-16(12-25)24-19-17(22)3-2-5-23-19;1-11-4-7-2-8(5-11)10(12)9(3-7)6-11;10-8-2-1-4-12-9(8)13-7-3-5-11-6-7;1-6-9(7(2)3)8(4)5;2*2-1-3/h1-2,4,12-16,18H,3,5-11H2,(H,23,25)(H,24,27);2-3,5,13-16,18H,4,6-12H2,1H3,(H,23,24);7-10,12H,2-6H2,1H3;1-2,4,7,11H,3,5-6H2,(H,12,13);7-8H,6H2,1-5H3;;/t2*13?,14?,15?,16-,18?,21?;;7-;;;/m11.1.../s1. The molecule has 6 N–H and O–H groups in total. The molecule has 96 heavy (non-hydrogen) atoms. The minimum Gasteiger partial charge on any atom is -0.446 e. The number of carbonyl (C=O) groups excluding carboxylic acids is 7. The molecule has 12 aliphatic carbocycles. The van der Waals surface area contributed by atoms with Crippen molar-refractivity contribution in [1.29, 1.82) is 0 Å². The highest BCUT2D eigenvalue weighted by atomic mass is 19.1. The van der Waals surface area contributed by atoms with Gasteiger partial charge in [-0.2, -0.15) is 19.2 Å². The molecule has 21 nitrogen and oxygen atoms in total. The second kappa shape index (κ2) is 33.2. The van der Waals surface area contributed by atoms with Gasteiger partial charge in [0, 0.05) is 87.1 Å². The molecule has 3 aromatic rings. The van der Waals surface area contributed by atoms with Crippen LogP contribution >= 0.6 is 0 Å². The molecule has 15 fully saturated rings. The lowest BCUT2D eigenvalue weighted by Gasteiger charge is -2.59. The first kappa shape index (κ1) is 73.5. The molecule has 15 aliphatic rings.